The number of fused-ring (bicyclic) bond motifs is 11. The van der Waals surface area contributed by atoms with E-state index in [-0.39, 0.29) is 0 Å². The summed E-state index contributed by atoms with van der Waals surface area (Å²) in [6.45, 7) is 0. The van der Waals surface area contributed by atoms with E-state index in [1.807, 2.05) is 24.4 Å². The number of para-hydroxylation sites is 4. The van der Waals surface area contributed by atoms with Crippen molar-refractivity contribution in [1.29, 1.82) is 0 Å². The smallest absolute Gasteiger partial charge is 0.165 e. The van der Waals surface area contributed by atoms with Crippen molar-refractivity contribution in [2.45, 2.75) is 0 Å². The highest BCUT2D eigenvalue weighted by molar-refractivity contribution is 6.12. The predicted molar refractivity (Wildman–Crippen MR) is 202 cm³/mol. The van der Waals surface area contributed by atoms with Gasteiger partial charge in [0.05, 0.1) is 27.8 Å². The molecule has 5 aromatic heterocycles. The van der Waals surface area contributed by atoms with Gasteiger partial charge in [-0.05, 0) is 54.6 Å². The molecule has 0 amide bonds. The van der Waals surface area contributed by atoms with E-state index in [0.717, 1.165) is 50.2 Å². The molecule has 11 aromatic rings. The van der Waals surface area contributed by atoms with Gasteiger partial charge in [0.1, 0.15) is 11.2 Å². The summed E-state index contributed by atoms with van der Waals surface area (Å²) >= 11 is 0. The lowest BCUT2D eigenvalue weighted by Gasteiger charge is -2.16. The van der Waals surface area contributed by atoms with E-state index >= 15 is 0 Å². The molecule has 0 saturated heterocycles. The minimum absolute atomic E-state index is 0.852. The summed E-state index contributed by atoms with van der Waals surface area (Å²) in [7, 11) is 0. The fraction of sp³-hybridized carbons (Fsp3) is 0. The van der Waals surface area contributed by atoms with Gasteiger partial charge in [-0.15, -0.1) is 0 Å². The lowest BCUT2D eigenvalue weighted by molar-refractivity contribution is 1.13. The molecule has 0 unspecified atom stereocenters. The Kier molecular flexibility index (Phi) is 5.32. The zero-order valence-corrected chi connectivity index (χ0v) is 26.3. The van der Waals surface area contributed by atoms with Gasteiger partial charge in [-0.1, -0.05) is 103 Å². The van der Waals surface area contributed by atoms with Crippen LogP contribution in [-0.4, -0.2) is 23.5 Å². The molecule has 5 nitrogen and oxygen atoms in total. The van der Waals surface area contributed by atoms with E-state index in [9.17, 15) is 0 Å². The highest BCUT2D eigenvalue weighted by Crippen LogP contribution is 2.39. The van der Waals surface area contributed by atoms with E-state index in [1.54, 1.807) is 0 Å². The first-order valence-corrected chi connectivity index (χ1v) is 16.6. The molecule has 5 heterocycles. The van der Waals surface area contributed by atoms with E-state index in [0.29, 0.717) is 0 Å². The third-order valence-corrected chi connectivity index (χ3v) is 10.0. The third kappa shape index (κ3) is 3.70. The summed E-state index contributed by atoms with van der Waals surface area (Å²) < 4.78 is 6.90. The Bertz CT molecular complexity index is 2880. The minimum atomic E-state index is 0.852. The molecule has 0 fully saturated rings. The van der Waals surface area contributed by atoms with Gasteiger partial charge in [-0.2, -0.15) is 0 Å². The molecule has 0 radical (unpaired) electrons. The first-order chi connectivity index (χ1) is 24.3. The normalized spacial score (nSPS) is 12.1. The van der Waals surface area contributed by atoms with Gasteiger partial charge >= 0.3 is 0 Å². The van der Waals surface area contributed by atoms with Crippen molar-refractivity contribution >= 4 is 71.2 Å². The molecule has 6 aromatic carbocycles. The molecule has 0 aliphatic heterocycles. The van der Waals surface area contributed by atoms with Crippen LogP contribution in [0, 0.1) is 0 Å². The molecule has 0 aliphatic carbocycles. The number of imidazole rings is 1. The van der Waals surface area contributed by atoms with Crippen molar-refractivity contribution in [3.8, 4) is 22.6 Å². The van der Waals surface area contributed by atoms with Gasteiger partial charge < -0.3 is 9.13 Å². The second kappa shape index (κ2) is 9.89. The minimum Gasteiger partial charge on any atom is -0.309 e. The Morgan fingerprint density at radius 1 is 0.388 bits per heavy atom. The van der Waals surface area contributed by atoms with Gasteiger partial charge in [0, 0.05) is 55.5 Å². The third-order valence-electron chi connectivity index (χ3n) is 10.0. The second-order valence-corrected chi connectivity index (χ2v) is 12.7. The summed E-state index contributed by atoms with van der Waals surface area (Å²) in [6.07, 6.45) is 2.05. The summed E-state index contributed by atoms with van der Waals surface area (Å²) in [5, 5.41) is 7.10. The van der Waals surface area contributed by atoms with Gasteiger partial charge in [0.2, 0.25) is 0 Å². The van der Waals surface area contributed by atoms with Gasteiger partial charge in [0.15, 0.2) is 5.65 Å². The number of rotatable bonds is 3. The van der Waals surface area contributed by atoms with Crippen LogP contribution in [0.1, 0.15) is 0 Å². The molecule has 0 N–H and O–H groups in total. The van der Waals surface area contributed by atoms with Crippen LogP contribution < -0.4 is 0 Å². The lowest BCUT2D eigenvalue weighted by atomic mass is 10.0. The zero-order chi connectivity index (χ0) is 32.1. The average molecular weight is 626 g/mol. The van der Waals surface area contributed by atoms with Crippen molar-refractivity contribution in [2.75, 3.05) is 0 Å². The number of nitrogens with zero attached hydrogens (tertiary/aromatic N) is 5. The second-order valence-electron chi connectivity index (χ2n) is 12.7. The molecule has 5 heteroatoms. The Balaban J connectivity index is 1.31. The Morgan fingerprint density at radius 2 is 0.837 bits per heavy atom. The van der Waals surface area contributed by atoms with Crippen molar-refractivity contribution in [2.24, 2.45) is 0 Å². The van der Waals surface area contributed by atoms with Crippen LogP contribution in [-0.2, 0) is 0 Å². The monoisotopic (exact) mass is 625 g/mol. The highest BCUT2D eigenvalue weighted by Gasteiger charge is 2.20. The van der Waals surface area contributed by atoms with E-state index in [1.165, 1.54) is 43.6 Å². The number of hydrogen-bond acceptors (Lipinski definition) is 2. The fourth-order valence-electron chi connectivity index (χ4n) is 7.94. The highest BCUT2D eigenvalue weighted by atomic mass is 15.1. The van der Waals surface area contributed by atoms with E-state index in [2.05, 4.69) is 153 Å². The standard InChI is InChI=1S/C44H27N5/c1-2-18-36-35(17-1)42(46-44-43(36)45-41-23-11-12-24-47(41)44)28-25-29(48-37-19-7-3-13-31(37)32-14-4-8-20-38(32)48)27-30(26-28)49-39-21-9-5-15-33(39)34-16-6-10-22-40(34)49/h1-27H. The molecule has 0 atom stereocenters. The number of hydrogen-bond donors (Lipinski definition) is 0. The summed E-state index contributed by atoms with van der Waals surface area (Å²) in [4.78, 5) is 10.5. The quantitative estimate of drug-likeness (QED) is 0.196. The lowest BCUT2D eigenvalue weighted by Crippen LogP contribution is -2.01. The van der Waals surface area contributed by atoms with Crippen molar-refractivity contribution < 1.29 is 0 Å². The number of pyridine rings is 2. The Labute approximate surface area is 280 Å². The van der Waals surface area contributed by atoms with E-state index < -0.39 is 0 Å². The van der Waals surface area contributed by atoms with Crippen molar-refractivity contribution in [1.82, 2.24) is 23.5 Å². The van der Waals surface area contributed by atoms with Crippen LogP contribution in [0.4, 0.5) is 0 Å². The first kappa shape index (κ1) is 26.4. The molecule has 0 bridgehead atoms. The zero-order valence-electron chi connectivity index (χ0n) is 26.3. The molecular weight excluding hydrogens is 599 g/mol. The summed E-state index contributed by atoms with van der Waals surface area (Å²) in [5.41, 5.74) is 11.5. The maximum atomic E-state index is 5.44. The number of benzene rings is 6. The predicted octanol–water partition coefficient (Wildman–Crippen LogP) is 10.9. The van der Waals surface area contributed by atoms with Gasteiger partial charge in [-0.25, -0.2) is 9.97 Å². The van der Waals surface area contributed by atoms with Crippen molar-refractivity contribution in [3.63, 3.8) is 0 Å². The Hall–Kier alpha value is -6.72. The van der Waals surface area contributed by atoms with Crippen LogP contribution in [0.3, 0.4) is 0 Å². The van der Waals surface area contributed by atoms with E-state index in [4.69, 9.17) is 9.97 Å². The summed E-state index contributed by atoms with van der Waals surface area (Å²) in [5.74, 6) is 0. The number of aromatic nitrogens is 5. The van der Waals surface area contributed by atoms with Crippen LogP contribution in [0.5, 0.6) is 0 Å². The topological polar surface area (TPSA) is 40.0 Å². The van der Waals surface area contributed by atoms with Gasteiger partial charge in [-0.3, -0.25) is 4.40 Å². The first-order valence-electron chi connectivity index (χ1n) is 16.6. The van der Waals surface area contributed by atoms with Gasteiger partial charge in [0.25, 0.3) is 0 Å². The Morgan fingerprint density at radius 3 is 1.37 bits per heavy atom. The molecule has 0 aliphatic rings. The van der Waals surface area contributed by atoms with Crippen LogP contribution >= 0.6 is 0 Å². The maximum Gasteiger partial charge on any atom is 0.165 e. The SMILES string of the molecule is c1ccc2c(c1)c(-c1cc(-n3c4ccccc4c4ccccc43)cc(-n3c4ccccc4c4ccccc43)c1)nc1c2nc2ccccn21. The molecule has 11 rings (SSSR count). The average Bonchev–Trinajstić information content (AvgIpc) is 3.82. The summed E-state index contributed by atoms with van der Waals surface area (Å²) in [6, 6.07) is 56.4. The largest absolute Gasteiger partial charge is 0.309 e. The molecule has 228 valence electrons. The fourth-order valence-corrected chi connectivity index (χ4v) is 7.94. The molecule has 0 spiro atoms. The van der Waals surface area contributed by atoms with Crippen LogP contribution in [0.2, 0.25) is 0 Å². The molecular formula is C44H27N5. The molecule has 49 heavy (non-hydrogen) atoms. The molecule has 0 saturated carbocycles. The van der Waals surface area contributed by atoms with Crippen LogP contribution in [0.15, 0.2) is 164 Å². The van der Waals surface area contributed by atoms with Crippen molar-refractivity contribution in [3.05, 3.63) is 164 Å². The maximum absolute atomic E-state index is 5.44. The van der Waals surface area contributed by atoms with Crippen LogP contribution in [0.25, 0.3) is 93.8 Å².